The summed E-state index contributed by atoms with van der Waals surface area (Å²) in [6.07, 6.45) is 8.50. The van der Waals surface area contributed by atoms with Crippen molar-refractivity contribution in [3.05, 3.63) is 65.0 Å². The van der Waals surface area contributed by atoms with Crippen LogP contribution in [-0.4, -0.2) is 47.7 Å². The van der Waals surface area contributed by atoms with Gasteiger partial charge in [0.2, 0.25) is 0 Å². The van der Waals surface area contributed by atoms with E-state index in [0.717, 1.165) is 72.5 Å². The molecule has 2 aromatic heterocycles. The fourth-order valence-corrected chi connectivity index (χ4v) is 6.01. The molecule has 0 radical (unpaired) electrons. The summed E-state index contributed by atoms with van der Waals surface area (Å²) in [5.74, 6) is 2.90. The Kier molecular flexibility index (Phi) is 6.84. The molecule has 9 nitrogen and oxygen atoms in total. The standard InChI is InChI=1S/C29H33N5O4/c1-18-5-3-4-6-24(18)27-25(28(38-32-27)19-7-8-19)16-36-23-13-21-10-11-22(14-23)34(21)26-12-9-20(15-31-26)29(30-2)33-37-17-35/h3-6,9,12,15,17,19,21-23H,7-8,10-11,13-14,16H2,1-2H3,(H,30,33). The van der Waals surface area contributed by atoms with E-state index in [2.05, 4.69) is 56.6 Å². The van der Waals surface area contributed by atoms with Gasteiger partial charge in [0, 0.05) is 47.9 Å². The molecule has 0 amide bonds. The molecule has 3 fully saturated rings. The molecule has 2 atom stereocenters. The zero-order valence-electron chi connectivity index (χ0n) is 21.8. The predicted octanol–water partition coefficient (Wildman–Crippen LogP) is 4.69. The molecule has 2 unspecified atom stereocenters. The second kappa shape index (κ2) is 10.6. The van der Waals surface area contributed by atoms with Crippen LogP contribution in [0.2, 0.25) is 0 Å². The molecule has 0 spiro atoms. The second-order valence-electron chi connectivity index (χ2n) is 10.5. The zero-order chi connectivity index (χ0) is 26.1. The van der Waals surface area contributed by atoms with Crippen LogP contribution in [0.3, 0.4) is 0 Å². The Morgan fingerprint density at radius 3 is 2.61 bits per heavy atom. The van der Waals surface area contributed by atoms with Gasteiger partial charge in [-0.05, 0) is 63.1 Å². The molecule has 1 aromatic carbocycles. The van der Waals surface area contributed by atoms with Crippen molar-refractivity contribution in [3.63, 3.8) is 0 Å². The molecule has 4 heterocycles. The SMILES string of the molecule is CN/C(=N\OC=O)c1ccc(N2C3CCC2CC(OCc2c(-c4ccccc4C)noc2C2CC2)C3)nc1. The Labute approximate surface area is 222 Å². The number of pyridine rings is 1. The van der Waals surface area contributed by atoms with Gasteiger partial charge in [-0.25, -0.2) is 4.98 Å². The van der Waals surface area contributed by atoms with Gasteiger partial charge in [0.1, 0.15) is 17.3 Å². The summed E-state index contributed by atoms with van der Waals surface area (Å²) >= 11 is 0. The minimum absolute atomic E-state index is 0.193. The average molecular weight is 516 g/mol. The van der Waals surface area contributed by atoms with Gasteiger partial charge in [-0.2, -0.15) is 0 Å². The normalized spacial score (nSPS) is 22.9. The number of anilines is 1. The number of benzene rings is 1. The fourth-order valence-electron chi connectivity index (χ4n) is 6.01. The molecule has 6 rings (SSSR count). The molecule has 3 aliphatic rings. The second-order valence-corrected chi connectivity index (χ2v) is 10.5. The van der Waals surface area contributed by atoms with Crippen molar-refractivity contribution in [2.75, 3.05) is 11.9 Å². The van der Waals surface area contributed by atoms with Crippen LogP contribution < -0.4 is 10.2 Å². The summed E-state index contributed by atoms with van der Waals surface area (Å²) < 4.78 is 12.5. The summed E-state index contributed by atoms with van der Waals surface area (Å²) in [5.41, 5.74) is 5.12. The number of oxime groups is 1. The zero-order valence-corrected chi connectivity index (χ0v) is 21.8. The summed E-state index contributed by atoms with van der Waals surface area (Å²) in [6.45, 7) is 2.94. The first-order valence-corrected chi connectivity index (χ1v) is 13.4. The molecular formula is C29H33N5O4. The van der Waals surface area contributed by atoms with Crippen molar-refractivity contribution in [3.8, 4) is 11.3 Å². The van der Waals surface area contributed by atoms with Crippen molar-refractivity contribution < 1.29 is 18.9 Å². The fraction of sp³-hybridized carbons (Fsp3) is 0.448. The smallest absolute Gasteiger partial charge is 0.323 e. The molecule has 1 aliphatic carbocycles. The Balaban J connectivity index is 1.14. The van der Waals surface area contributed by atoms with Crippen molar-refractivity contribution in [2.45, 2.75) is 76.2 Å². The number of amidine groups is 1. The number of aromatic nitrogens is 2. The van der Waals surface area contributed by atoms with Crippen LogP contribution >= 0.6 is 0 Å². The molecule has 1 saturated carbocycles. The number of hydrogen-bond acceptors (Lipinski definition) is 8. The van der Waals surface area contributed by atoms with Crippen molar-refractivity contribution in [2.24, 2.45) is 5.16 Å². The molecule has 2 saturated heterocycles. The maximum atomic E-state index is 10.5. The molecule has 2 bridgehead atoms. The van der Waals surface area contributed by atoms with Crippen LogP contribution in [-0.2, 0) is 21.0 Å². The quantitative estimate of drug-likeness (QED) is 0.144. The van der Waals surface area contributed by atoms with Crippen LogP contribution in [0.15, 0.2) is 52.3 Å². The number of fused-ring (bicyclic) bond motifs is 2. The van der Waals surface area contributed by atoms with Crippen LogP contribution in [0.4, 0.5) is 5.82 Å². The number of ether oxygens (including phenoxy) is 1. The highest BCUT2D eigenvalue weighted by Gasteiger charge is 2.42. The van der Waals surface area contributed by atoms with Crippen LogP contribution in [0, 0.1) is 6.92 Å². The molecule has 9 heteroatoms. The van der Waals surface area contributed by atoms with E-state index in [9.17, 15) is 4.79 Å². The summed E-state index contributed by atoms with van der Waals surface area (Å²) in [7, 11) is 1.73. The largest absolute Gasteiger partial charge is 0.373 e. The minimum Gasteiger partial charge on any atom is -0.373 e. The highest BCUT2D eigenvalue weighted by atomic mass is 16.7. The van der Waals surface area contributed by atoms with E-state index in [4.69, 9.17) is 14.2 Å². The van der Waals surface area contributed by atoms with E-state index >= 15 is 0 Å². The van der Waals surface area contributed by atoms with E-state index in [0.29, 0.717) is 36.9 Å². The van der Waals surface area contributed by atoms with E-state index in [-0.39, 0.29) is 6.10 Å². The van der Waals surface area contributed by atoms with Crippen LogP contribution in [0.5, 0.6) is 0 Å². The van der Waals surface area contributed by atoms with Crippen LogP contribution in [0.1, 0.15) is 66.9 Å². The highest BCUT2D eigenvalue weighted by molar-refractivity contribution is 5.98. The van der Waals surface area contributed by atoms with Crippen molar-refractivity contribution in [1.29, 1.82) is 0 Å². The Morgan fingerprint density at radius 1 is 1.16 bits per heavy atom. The molecule has 198 valence electrons. The van der Waals surface area contributed by atoms with E-state index in [1.54, 1.807) is 13.2 Å². The lowest BCUT2D eigenvalue weighted by Crippen LogP contribution is -2.46. The van der Waals surface area contributed by atoms with Gasteiger partial charge in [-0.3, -0.25) is 4.79 Å². The number of carbonyl (C=O) groups excluding carboxylic acids is 1. The number of carbonyl (C=O) groups is 1. The topological polar surface area (TPSA) is 102 Å². The predicted molar refractivity (Wildman–Crippen MR) is 143 cm³/mol. The Bertz CT molecular complexity index is 1300. The number of rotatable bonds is 9. The van der Waals surface area contributed by atoms with Gasteiger partial charge in [0.15, 0.2) is 5.84 Å². The molecule has 2 aliphatic heterocycles. The number of piperidine rings is 1. The lowest BCUT2D eigenvalue weighted by Gasteiger charge is -2.39. The van der Waals surface area contributed by atoms with Gasteiger partial charge >= 0.3 is 6.47 Å². The lowest BCUT2D eigenvalue weighted by atomic mass is 9.98. The van der Waals surface area contributed by atoms with E-state index in [1.807, 2.05) is 12.1 Å². The first kappa shape index (κ1) is 24.6. The van der Waals surface area contributed by atoms with Gasteiger partial charge in [0.05, 0.1) is 12.7 Å². The van der Waals surface area contributed by atoms with Gasteiger partial charge in [0.25, 0.3) is 0 Å². The third kappa shape index (κ3) is 4.78. The first-order valence-electron chi connectivity index (χ1n) is 13.4. The lowest BCUT2D eigenvalue weighted by molar-refractivity contribution is -0.128. The van der Waals surface area contributed by atoms with Gasteiger partial charge in [-0.1, -0.05) is 34.6 Å². The molecule has 38 heavy (non-hydrogen) atoms. The highest BCUT2D eigenvalue weighted by Crippen LogP contribution is 2.45. The van der Waals surface area contributed by atoms with E-state index < -0.39 is 0 Å². The summed E-state index contributed by atoms with van der Waals surface area (Å²) in [6, 6.07) is 13.1. The number of nitrogens with one attached hydrogen (secondary N) is 1. The average Bonchev–Trinajstić information content (AvgIpc) is 3.64. The number of aryl methyl sites for hydroxylation is 1. The Morgan fingerprint density at radius 2 is 1.95 bits per heavy atom. The summed E-state index contributed by atoms with van der Waals surface area (Å²) in [5, 5.41) is 11.2. The van der Waals surface area contributed by atoms with Crippen molar-refractivity contribution in [1.82, 2.24) is 15.5 Å². The molecular weight excluding hydrogens is 482 g/mol. The number of nitrogens with zero attached hydrogens (tertiary/aromatic N) is 4. The third-order valence-electron chi connectivity index (χ3n) is 8.03. The van der Waals surface area contributed by atoms with Crippen molar-refractivity contribution >= 4 is 18.1 Å². The Hall–Kier alpha value is -3.72. The van der Waals surface area contributed by atoms with E-state index in [1.165, 1.54) is 5.56 Å². The summed E-state index contributed by atoms with van der Waals surface area (Å²) in [4.78, 5) is 22.2. The maximum absolute atomic E-state index is 10.5. The molecule has 3 aromatic rings. The third-order valence-corrected chi connectivity index (χ3v) is 8.03. The number of hydrogen-bond donors (Lipinski definition) is 1. The minimum atomic E-state index is 0.193. The van der Waals surface area contributed by atoms with Gasteiger partial charge < -0.3 is 24.3 Å². The maximum Gasteiger partial charge on any atom is 0.323 e. The first-order chi connectivity index (χ1) is 18.7. The molecule has 1 N–H and O–H groups in total. The monoisotopic (exact) mass is 515 g/mol. The van der Waals surface area contributed by atoms with Crippen LogP contribution in [0.25, 0.3) is 11.3 Å². The van der Waals surface area contributed by atoms with Gasteiger partial charge in [-0.15, -0.1) is 0 Å².